The van der Waals surface area contributed by atoms with E-state index in [1.54, 1.807) is 0 Å². The molecule has 0 aliphatic rings. The number of nitriles is 1. The molecule has 0 atom stereocenters. The van der Waals surface area contributed by atoms with E-state index in [2.05, 4.69) is 16.7 Å². The van der Waals surface area contributed by atoms with Crippen LogP contribution in [0.4, 0.5) is 5.69 Å². The minimum absolute atomic E-state index is 0.620. The van der Waals surface area contributed by atoms with E-state index >= 15 is 0 Å². The van der Waals surface area contributed by atoms with Crippen LogP contribution < -0.4 is 5.73 Å². The largest absolute Gasteiger partial charge is 0.399 e. The van der Waals surface area contributed by atoms with Gasteiger partial charge in [0.15, 0.2) is 0 Å². The van der Waals surface area contributed by atoms with Gasteiger partial charge >= 0.3 is 0 Å². The van der Waals surface area contributed by atoms with Gasteiger partial charge in [-0.3, -0.25) is 0 Å². The summed E-state index contributed by atoms with van der Waals surface area (Å²) in [5.41, 5.74) is 11.4. The molecule has 0 saturated carbocycles. The molecule has 4 heteroatoms. The summed E-state index contributed by atoms with van der Waals surface area (Å²) in [6.07, 6.45) is 0.712. The Morgan fingerprint density at radius 2 is 1.65 bits per heavy atom. The van der Waals surface area contributed by atoms with Gasteiger partial charge in [0.05, 0.1) is 29.2 Å². The molecule has 0 unspecified atom stereocenters. The summed E-state index contributed by atoms with van der Waals surface area (Å²) in [5, 5.41) is 9.40. The molecule has 126 valence electrons. The maximum Gasteiger partial charge on any atom is 0.114 e. The summed E-state index contributed by atoms with van der Waals surface area (Å²) in [6.45, 7) is 0.620. The highest BCUT2D eigenvalue weighted by Crippen LogP contribution is 2.21. The minimum Gasteiger partial charge on any atom is -0.399 e. The van der Waals surface area contributed by atoms with Crippen molar-refractivity contribution in [2.75, 3.05) is 5.73 Å². The van der Waals surface area contributed by atoms with Gasteiger partial charge in [-0.25, -0.2) is 4.98 Å². The van der Waals surface area contributed by atoms with E-state index in [0.29, 0.717) is 18.5 Å². The van der Waals surface area contributed by atoms with Gasteiger partial charge < -0.3 is 10.3 Å². The molecule has 1 heterocycles. The molecule has 0 spiro atoms. The summed E-state index contributed by atoms with van der Waals surface area (Å²) >= 11 is 0. The van der Waals surface area contributed by atoms with Crippen molar-refractivity contribution in [1.82, 2.24) is 9.55 Å². The first-order valence-electron chi connectivity index (χ1n) is 8.51. The smallest absolute Gasteiger partial charge is 0.114 e. The van der Waals surface area contributed by atoms with E-state index < -0.39 is 0 Å². The van der Waals surface area contributed by atoms with Crippen LogP contribution in [0, 0.1) is 11.3 Å². The molecule has 0 amide bonds. The Morgan fingerprint density at radius 1 is 0.923 bits per heavy atom. The van der Waals surface area contributed by atoms with Crippen molar-refractivity contribution in [1.29, 1.82) is 5.26 Å². The third-order valence-corrected chi connectivity index (χ3v) is 4.54. The monoisotopic (exact) mass is 338 g/mol. The average molecular weight is 338 g/mol. The quantitative estimate of drug-likeness (QED) is 0.569. The van der Waals surface area contributed by atoms with Crippen molar-refractivity contribution in [3.63, 3.8) is 0 Å². The first kappa shape index (κ1) is 15.9. The number of nitrogens with two attached hydrogens (primary N) is 1. The van der Waals surface area contributed by atoms with E-state index in [0.717, 1.165) is 33.7 Å². The van der Waals surface area contributed by atoms with Crippen molar-refractivity contribution in [3.05, 3.63) is 95.3 Å². The van der Waals surface area contributed by atoms with Gasteiger partial charge in [0.25, 0.3) is 0 Å². The molecule has 0 saturated heterocycles. The third kappa shape index (κ3) is 3.03. The lowest BCUT2D eigenvalue weighted by Crippen LogP contribution is -2.07. The van der Waals surface area contributed by atoms with Crippen LogP contribution in [0.3, 0.4) is 0 Å². The topological polar surface area (TPSA) is 67.6 Å². The van der Waals surface area contributed by atoms with E-state index in [9.17, 15) is 5.26 Å². The first-order valence-corrected chi connectivity index (χ1v) is 8.51. The third-order valence-electron chi connectivity index (χ3n) is 4.54. The number of fused-ring (bicyclic) bond motifs is 1. The van der Waals surface area contributed by atoms with Gasteiger partial charge in [0, 0.05) is 12.1 Å². The normalized spacial score (nSPS) is 10.7. The van der Waals surface area contributed by atoms with E-state index in [1.165, 1.54) is 0 Å². The molecule has 0 radical (unpaired) electrons. The summed E-state index contributed by atoms with van der Waals surface area (Å²) in [6, 6.07) is 26.0. The van der Waals surface area contributed by atoms with E-state index in [1.807, 2.05) is 66.7 Å². The predicted octanol–water partition coefficient (Wildman–Crippen LogP) is 4.13. The highest BCUT2D eigenvalue weighted by atomic mass is 15.1. The molecule has 26 heavy (non-hydrogen) atoms. The summed E-state index contributed by atoms with van der Waals surface area (Å²) in [7, 11) is 0. The minimum atomic E-state index is 0.620. The number of hydrogen-bond donors (Lipinski definition) is 1. The number of nitrogen functional groups attached to an aromatic ring is 1. The molecule has 0 aliphatic heterocycles. The lowest BCUT2D eigenvalue weighted by Gasteiger charge is -2.11. The first-order chi connectivity index (χ1) is 12.7. The van der Waals surface area contributed by atoms with Gasteiger partial charge in [-0.05, 0) is 41.5 Å². The summed E-state index contributed by atoms with van der Waals surface area (Å²) in [4.78, 5) is 4.83. The Balaban J connectivity index is 1.79. The van der Waals surface area contributed by atoms with Crippen molar-refractivity contribution in [2.24, 2.45) is 0 Å². The van der Waals surface area contributed by atoms with Crippen LogP contribution in [-0.2, 0) is 13.0 Å². The zero-order chi connectivity index (χ0) is 17.9. The Morgan fingerprint density at radius 3 is 2.46 bits per heavy atom. The van der Waals surface area contributed by atoms with Crippen LogP contribution in [-0.4, -0.2) is 9.55 Å². The second-order valence-electron chi connectivity index (χ2n) is 6.29. The number of benzene rings is 3. The molecule has 4 nitrogen and oxygen atoms in total. The number of rotatable bonds is 4. The highest BCUT2D eigenvalue weighted by molar-refractivity contribution is 5.76. The van der Waals surface area contributed by atoms with Crippen molar-refractivity contribution in [2.45, 2.75) is 13.0 Å². The fraction of sp³-hybridized carbons (Fsp3) is 0.0909. The molecular weight excluding hydrogens is 320 g/mol. The van der Waals surface area contributed by atoms with E-state index in [-0.39, 0.29) is 0 Å². The Bertz CT molecular complexity index is 1100. The SMILES string of the molecule is N#Cc1ccccc1Cn1c(Cc2ccc(N)cc2)nc2ccccc21. The lowest BCUT2D eigenvalue weighted by molar-refractivity contribution is 0.761. The maximum absolute atomic E-state index is 9.40. The number of imidazole rings is 1. The van der Waals surface area contributed by atoms with E-state index in [4.69, 9.17) is 10.7 Å². The zero-order valence-corrected chi connectivity index (χ0v) is 14.3. The van der Waals surface area contributed by atoms with Gasteiger partial charge in [0.2, 0.25) is 0 Å². The lowest BCUT2D eigenvalue weighted by atomic mass is 10.1. The molecule has 4 aromatic rings. The summed E-state index contributed by atoms with van der Waals surface area (Å²) < 4.78 is 2.20. The molecule has 1 aromatic heterocycles. The Labute approximate surface area is 152 Å². The second-order valence-corrected chi connectivity index (χ2v) is 6.29. The predicted molar refractivity (Wildman–Crippen MR) is 104 cm³/mol. The maximum atomic E-state index is 9.40. The molecule has 0 aliphatic carbocycles. The van der Waals surface area contributed by atoms with Gasteiger partial charge in [-0.1, -0.05) is 42.5 Å². The van der Waals surface area contributed by atoms with Crippen LogP contribution in [0.1, 0.15) is 22.5 Å². The van der Waals surface area contributed by atoms with Crippen LogP contribution >= 0.6 is 0 Å². The molecule has 3 aromatic carbocycles. The fourth-order valence-electron chi connectivity index (χ4n) is 3.19. The number of para-hydroxylation sites is 2. The molecule has 4 rings (SSSR count). The van der Waals surface area contributed by atoms with Gasteiger partial charge in [-0.2, -0.15) is 5.26 Å². The number of nitrogens with zero attached hydrogens (tertiary/aromatic N) is 3. The zero-order valence-electron chi connectivity index (χ0n) is 14.3. The van der Waals surface area contributed by atoms with Crippen molar-refractivity contribution >= 4 is 16.7 Å². The highest BCUT2D eigenvalue weighted by Gasteiger charge is 2.13. The number of hydrogen-bond acceptors (Lipinski definition) is 3. The van der Waals surface area contributed by atoms with Crippen LogP contribution in [0.25, 0.3) is 11.0 Å². The summed E-state index contributed by atoms with van der Waals surface area (Å²) in [5.74, 6) is 0.976. The molecular formula is C22H18N4. The Hall–Kier alpha value is -3.58. The van der Waals surface area contributed by atoms with Gasteiger partial charge in [-0.15, -0.1) is 0 Å². The number of anilines is 1. The molecule has 2 N–H and O–H groups in total. The van der Waals surface area contributed by atoms with Crippen LogP contribution in [0.5, 0.6) is 0 Å². The van der Waals surface area contributed by atoms with Crippen molar-refractivity contribution in [3.8, 4) is 6.07 Å². The Kier molecular flexibility index (Phi) is 4.12. The fourth-order valence-corrected chi connectivity index (χ4v) is 3.19. The second kappa shape index (κ2) is 6.73. The van der Waals surface area contributed by atoms with Crippen LogP contribution in [0.2, 0.25) is 0 Å². The van der Waals surface area contributed by atoms with Crippen LogP contribution in [0.15, 0.2) is 72.8 Å². The number of aromatic nitrogens is 2. The molecule has 0 bridgehead atoms. The van der Waals surface area contributed by atoms with Crippen molar-refractivity contribution < 1.29 is 0 Å². The standard InChI is InChI=1S/C22H18N4/c23-14-17-5-1-2-6-18(17)15-26-21-8-4-3-7-20(21)25-22(26)13-16-9-11-19(24)12-10-16/h1-12H,13,15,24H2. The van der Waals surface area contributed by atoms with Gasteiger partial charge in [0.1, 0.15) is 5.82 Å². The molecule has 0 fully saturated rings. The average Bonchev–Trinajstić information content (AvgIpc) is 3.01.